The van der Waals surface area contributed by atoms with Gasteiger partial charge in [0, 0.05) is 17.0 Å². The van der Waals surface area contributed by atoms with Gasteiger partial charge in [-0.05, 0) is 44.2 Å². The topological polar surface area (TPSA) is 12.0 Å². The predicted molar refractivity (Wildman–Crippen MR) is 81.5 cm³/mol. The predicted octanol–water partition coefficient (Wildman–Crippen LogP) is 5.41. The highest BCUT2D eigenvalue weighted by atomic mass is 35.5. The Kier molecular flexibility index (Phi) is 5.53. The van der Waals surface area contributed by atoms with Crippen molar-refractivity contribution in [3.8, 4) is 0 Å². The smallest absolute Gasteiger partial charge is 0.0931 e. The summed E-state index contributed by atoms with van der Waals surface area (Å²) in [6.45, 7) is 4.56. The maximum Gasteiger partial charge on any atom is 0.0931 e. The highest BCUT2D eigenvalue weighted by Gasteiger charge is 2.23. The van der Waals surface area contributed by atoms with Crippen LogP contribution in [0.25, 0.3) is 0 Å². The lowest BCUT2D eigenvalue weighted by Gasteiger charge is -2.32. The SMILES string of the molecule is CCC(NC(C)c1ccc(Cl)s1)C1CCCCC1. The van der Waals surface area contributed by atoms with Crippen LogP contribution < -0.4 is 5.32 Å². The molecule has 2 unspecified atom stereocenters. The summed E-state index contributed by atoms with van der Waals surface area (Å²) in [7, 11) is 0. The van der Waals surface area contributed by atoms with Crippen LogP contribution in [0.5, 0.6) is 0 Å². The van der Waals surface area contributed by atoms with Gasteiger partial charge in [0.2, 0.25) is 0 Å². The molecule has 0 amide bonds. The maximum absolute atomic E-state index is 6.01. The summed E-state index contributed by atoms with van der Waals surface area (Å²) in [5, 5.41) is 3.82. The summed E-state index contributed by atoms with van der Waals surface area (Å²) >= 11 is 7.71. The molecule has 1 aliphatic carbocycles. The van der Waals surface area contributed by atoms with Crippen LogP contribution in [0, 0.1) is 5.92 Å². The number of rotatable bonds is 5. The molecule has 1 fully saturated rings. The van der Waals surface area contributed by atoms with Crippen LogP contribution in [-0.2, 0) is 0 Å². The molecule has 1 saturated carbocycles. The molecule has 1 aromatic heterocycles. The number of hydrogen-bond donors (Lipinski definition) is 1. The minimum atomic E-state index is 0.425. The van der Waals surface area contributed by atoms with E-state index in [2.05, 4.69) is 25.2 Å². The number of halogens is 1. The van der Waals surface area contributed by atoms with Gasteiger partial charge >= 0.3 is 0 Å². The number of nitrogens with one attached hydrogen (secondary N) is 1. The molecular weight excluding hydrogens is 262 g/mol. The molecule has 102 valence electrons. The zero-order valence-electron chi connectivity index (χ0n) is 11.4. The molecule has 1 heterocycles. The molecule has 2 rings (SSSR count). The molecule has 1 nitrogen and oxygen atoms in total. The van der Waals surface area contributed by atoms with Crippen LogP contribution in [0.3, 0.4) is 0 Å². The van der Waals surface area contributed by atoms with E-state index in [1.54, 1.807) is 11.3 Å². The van der Waals surface area contributed by atoms with Gasteiger partial charge in [-0.15, -0.1) is 11.3 Å². The fourth-order valence-electron chi connectivity index (χ4n) is 3.09. The third kappa shape index (κ3) is 3.72. The zero-order chi connectivity index (χ0) is 13.0. The lowest BCUT2D eigenvalue weighted by molar-refractivity contribution is 0.250. The van der Waals surface area contributed by atoms with Gasteiger partial charge in [-0.1, -0.05) is 37.8 Å². The van der Waals surface area contributed by atoms with Crippen molar-refractivity contribution in [2.45, 2.75) is 64.5 Å². The van der Waals surface area contributed by atoms with Gasteiger partial charge in [0.25, 0.3) is 0 Å². The molecule has 0 aromatic carbocycles. The lowest BCUT2D eigenvalue weighted by Crippen LogP contribution is -2.38. The van der Waals surface area contributed by atoms with Crippen molar-refractivity contribution in [2.75, 3.05) is 0 Å². The Morgan fingerprint density at radius 2 is 2.06 bits per heavy atom. The molecule has 1 aromatic rings. The van der Waals surface area contributed by atoms with Crippen molar-refractivity contribution in [3.63, 3.8) is 0 Å². The monoisotopic (exact) mass is 285 g/mol. The first-order valence-corrected chi connectivity index (χ1v) is 8.41. The van der Waals surface area contributed by atoms with Crippen LogP contribution in [0.2, 0.25) is 4.34 Å². The fourth-order valence-corrected chi connectivity index (χ4v) is 4.16. The van der Waals surface area contributed by atoms with Gasteiger partial charge in [-0.3, -0.25) is 0 Å². The molecule has 0 radical (unpaired) electrons. The second-order valence-electron chi connectivity index (χ2n) is 5.44. The Bertz CT molecular complexity index is 357. The van der Waals surface area contributed by atoms with Crippen LogP contribution >= 0.6 is 22.9 Å². The van der Waals surface area contributed by atoms with Crippen molar-refractivity contribution >= 4 is 22.9 Å². The van der Waals surface area contributed by atoms with E-state index in [1.165, 1.54) is 43.4 Å². The average molecular weight is 286 g/mol. The zero-order valence-corrected chi connectivity index (χ0v) is 13.0. The van der Waals surface area contributed by atoms with Gasteiger partial charge in [0.05, 0.1) is 4.34 Å². The summed E-state index contributed by atoms with van der Waals surface area (Å²) in [6, 6.07) is 5.25. The molecule has 1 aliphatic rings. The Labute approximate surface area is 120 Å². The van der Waals surface area contributed by atoms with Crippen LogP contribution in [0.1, 0.15) is 63.3 Å². The molecule has 1 N–H and O–H groups in total. The van der Waals surface area contributed by atoms with Crippen LogP contribution in [-0.4, -0.2) is 6.04 Å². The minimum Gasteiger partial charge on any atom is -0.306 e. The van der Waals surface area contributed by atoms with E-state index in [0.29, 0.717) is 12.1 Å². The molecular formula is C15H24ClNS. The molecule has 0 saturated heterocycles. The Hall–Kier alpha value is -0.0500. The van der Waals surface area contributed by atoms with Crippen molar-refractivity contribution in [1.29, 1.82) is 0 Å². The van der Waals surface area contributed by atoms with E-state index in [4.69, 9.17) is 11.6 Å². The van der Waals surface area contributed by atoms with E-state index >= 15 is 0 Å². The van der Waals surface area contributed by atoms with E-state index in [0.717, 1.165) is 10.3 Å². The van der Waals surface area contributed by atoms with Crippen molar-refractivity contribution in [1.82, 2.24) is 5.32 Å². The maximum atomic E-state index is 6.01. The van der Waals surface area contributed by atoms with E-state index < -0.39 is 0 Å². The molecule has 2 atom stereocenters. The first-order chi connectivity index (χ1) is 8.70. The van der Waals surface area contributed by atoms with Crippen LogP contribution in [0.4, 0.5) is 0 Å². The molecule has 0 bridgehead atoms. The normalized spacial score (nSPS) is 20.8. The summed E-state index contributed by atoms with van der Waals surface area (Å²) in [5.41, 5.74) is 0. The van der Waals surface area contributed by atoms with E-state index in [1.807, 2.05) is 6.07 Å². The second-order valence-corrected chi connectivity index (χ2v) is 7.19. The van der Waals surface area contributed by atoms with Gasteiger partial charge in [0.15, 0.2) is 0 Å². The Morgan fingerprint density at radius 3 is 2.61 bits per heavy atom. The molecule has 3 heteroatoms. The first-order valence-electron chi connectivity index (χ1n) is 7.22. The summed E-state index contributed by atoms with van der Waals surface area (Å²) in [4.78, 5) is 1.36. The highest BCUT2D eigenvalue weighted by molar-refractivity contribution is 7.16. The van der Waals surface area contributed by atoms with Crippen LogP contribution in [0.15, 0.2) is 12.1 Å². The number of thiophene rings is 1. The first kappa shape index (κ1) is 14.4. The van der Waals surface area contributed by atoms with Gasteiger partial charge in [-0.2, -0.15) is 0 Å². The quantitative estimate of drug-likeness (QED) is 0.762. The molecule has 0 aliphatic heterocycles. The average Bonchev–Trinajstić information content (AvgIpc) is 2.83. The largest absolute Gasteiger partial charge is 0.306 e. The van der Waals surface area contributed by atoms with E-state index in [9.17, 15) is 0 Å². The Balaban J connectivity index is 1.92. The summed E-state index contributed by atoms with van der Waals surface area (Å²) < 4.78 is 0.893. The third-order valence-electron chi connectivity index (χ3n) is 4.14. The molecule has 0 spiro atoms. The fraction of sp³-hybridized carbons (Fsp3) is 0.733. The van der Waals surface area contributed by atoms with Crippen molar-refractivity contribution < 1.29 is 0 Å². The molecule has 18 heavy (non-hydrogen) atoms. The lowest BCUT2D eigenvalue weighted by atomic mass is 9.82. The van der Waals surface area contributed by atoms with Gasteiger partial charge in [0.1, 0.15) is 0 Å². The van der Waals surface area contributed by atoms with Gasteiger partial charge < -0.3 is 5.32 Å². The standard InChI is InChI=1S/C15H24ClNS/c1-3-13(12-7-5-4-6-8-12)17-11(2)14-9-10-15(16)18-14/h9-13,17H,3-8H2,1-2H3. The highest BCUT2D eigenvalue weighted by Crippen LogP contribution is 2.31. The van der Waals surface area contributed by atoms with Gasteiger partial charge in [-0.25, -0.2) is 0 Å². The van der Waals surface area contributed by atoms with Crippen molar-refractivity contribution in [2.24, 2.45) is 5.92 Å². The summed E-state index contributed by atoms with van der Waals surface area (Å²) in [5.74, 6) is 0.877. The van der Waals surface area contributed by atoms with E-state index in [-0.39, 0.29) is 0 Å². The summed E-state index contributed by atoms with van der Waals surface area (Å²) in [6.07, 6.45) is 8.31. The van der Waals surface area contributed by atoms with Crippen molar-refractivity contribution in [3.05, 3.63) is 21.3 Å². The third-order valence-corrected chi connectivity index (χ3v) is 5.56. The number of hydrogen-bond acceptors (Lipinski definition) is 2. The Morgan fingerprint density at radius 1 is 1.33 bits per heavy atom. The second kappa shape index (κ2) is 6.93. The minimum absolute atomic E-state index is 0.425.